The minimum absolute atomic E-state index is 0.0186. The van der Waals surface area contributed by atoms with Crippen molar-refractivity contribution in [3.63, 3.8) is 0 Å². The zero-order valence-electron chi connectivity index (χ0n) is 18.1. The van der Waals surface area contributed by atoms with Crippen molar-refractivity contribution in [2.45, 2.75) is 4.90 Å². The Morgan fingerprint density at radius 1 is 1.03 bits per heavy atom. The fraction of sp³-hybridized carbons (Fsp3) is 0.0833. The standard InChI is InChI=1S/C24H19BrN2O6S/c1-31-19-10-8-18(9-11-19)27-24(28)17(15-26)12-16-13-21(25)23(22(14-16)32-2)33-34(29,30)20-6-4-3-5-7-20/h3-14H,1-2H3,(H,27,28)/b17-12+. The topological polar surface area (TPSA) is 115 Å². The first-order chi connectivity index (χ1) is 16.3. The predicted molar refractivity (Wildman–Crippen MR) is 130 cm³/mol. The normalized spacial score (nSPS) is 11.3. The van der Waals surface area contributed by atoms with Crippen LogP contribution in [0.1, 0.15) is 5.56 Å². The number of halogens is 1. The largest absolute Gasteiger partial charge is 0.497 e. The highest BCUT2D eigenvalue weighted by molar-refractivity contribution is 9.10. The van der Waals surface area contributed by atoms with E-state index in [2.05, 4.69) is 21.2 Å². The van der Waals surface area contributed by atoms with Crippen LogP contribution in [-0.4, -0.2) is 28.5 Å². The zero-order chi connectivity index (χ0) is 24.7. The number of ether oxygens (including phenoxy) is 2. The number of benzene rings is 3. The number of nitrogens with one attached hydrogen (secondary N) is 1. The van der Waals surface area contributed by atoms with Crippen LogP contribution in [0.15, 0.2) is 81.7 Å². The highest BCUT2D eigenvalue weighted by Gasteiger charge is 2.22. The summed E-state index contributed by atoms with van der Waals surface area (Å²) in [4.78, 5) is 12.6. The molecule has 3 aromatic carbocycles. The van der Waals surface area contributed by atoms with Crippen LogP contribution in [-0.2, 0) is 14.9 Å². The number of rotatable bonds is 8. The fourth-order valence-corrected chi connectivity index (χ4v) is 4.46. The summed E-state index contributed by atoms with van der Waals surface area (Å²) < 4.78 is 41.2. The molecule has 0 bridgehead atoms. The van der Waals surface area contributed by atoms with Gasteiger partial charge in [-0.05, 0) is 76.1 Å². The van der Waals surface area contributed by atoms with Gasteiger partial charge in [0.05, 0.1) is 18.7 Å². The average molecular weight is 543 g/mol. The molecule has 1 N–H and O–H groups in total. The molecule has 0 fully saturated rings. The van der Waals surface area contributed by atoms with Crippen molar-refractivity contribution in [2.75, 3.05) is 19.5 Å². The lowest BCUT2D eigenvalue weighted by Crippen LogP contribution is -2.13. The summed E-state index contributed by atoms with van der Waals surface area (Å²) in [6, 6.07) is 19.1. The van der Waals surface area contributed by atoms with Crippen molar-refractivity contribution in [1.29, 1.82) is 5.26 Å². The number of nitrogens with zero attached hydrogens (tertiary/aromatic N) is 1. The number of anilines is 1. The van der Waals surface area contributed by atoms with E-state index < -0.39 is 16.0 Å². The van der Waals surface area contributed by atoms with Gasteiger partial charge in [0.25, 0.3) is 5.91 Å². The third-order valence-electron chi connectivity index (χ3n) is 4.50. The van der Waals surface area contributed by atoms with E-state index in [1.54, 1.807) is 42.5 Å². The van der Waals surface area contributed by atoms with Gasteiger partial charge in [0, 0.05) is 5.69 Å². The van der Waals surface area contributed by atoms with Crippen LogP contribution in [0.5, 0.6) is 17.2 Å². The Labute approximate surface area is 205 Å². The molecule has 0 saturated heterocycles. The minimum Gasteiger partial charge on any atom is -0.497 e. The maximum atomic E-state index is 12.6. The summed E-state index contributed by atoms with van der Waals surface area (Å²) in [6.07, 6.45) is 1.35. The van der Waals surface area contributed by atoms with Crippen molar-refractivity contribution in [3.8, 4) is 23.3 Å². The zero-order valence-corrected chi connectivity index (χ0v) is 20.5. The molecule has 0 atom stereocenters. The third kappa shape index (κ3) is 5.95. The second kappa shape index (κ2) is 10.9. The quantitative estimate of drug-likeness (QED) is 0.247. The van der Waals surface area contributed by atoms with Crippen LogP contribution in [0, 0.1) is 11.3 Å². The number of amides is 1. The SMILES string of the molecule is COc1ccc(NC(=O)/C(C#N)=C/c2cc(Br)c(OS(=O)(=O)c3ccccc3)c(OC)c2)cc1. The third-order valence-corrected chi connectivity index (χ3v) is 6.33. The Bertz CT molecular complexity index is 1370. The number of hydrogen-bond donors (Lipinski definition) is 1. The van der Waals surface area contributed by atoms with E-state index >= 15 is 0 Å². The van der Waals surface area contributed by atoms with Crippen molar-refractivity contribution < 1.29 is 26.9 Å². The molecule has 0 spiro atoms. The molecule has 3 aromatic rings. The van der Waals surface area contributed by atoms with Gasteiger partial charge in [0.15, 0.2) is 11.5 Å². The van der Waals surface area contributed by atoms with Gasteiger partial charge in [-0.2, -0.15) is 13.7 Å². The second-order valence-electron chi connectivity index (χ2n) is 6.74. The molecule has 3 rings (SSSR count). The van der Waals surface area contributed by atoms with Crippen LogP contribution in [0.4, 0.5) is 5.69 Å². The van der Waals surface area contributed by atoms with Crippen molar-refractivity contribution in [2.24, 2.45) is 0 Å². The first-order valence-electron chi connectivity index (χ1n) is 9.71. The summed E-state index contributed by atoms with van der Waals surface area (Å²) >= 11 is 3.29. The van der Waals surface area contributed by atoms with Crippen molar-refractivity contribution in [3.05, 3.63) is 82.3 Å². The average Bonchev–Trinajstić information content (AvgIpc) is 2.84. The van der Waals surface area contributed by atoms with Crippen LogP contribution >= 0.6 is 15.9 Å². The van der Waals surface area contributed by atoms with E-state index in [9.17, 15) is 18.5 Å². The first kappa shape index (κ1) is 24.8. The van der Waals surface area contributed by atoms with E-state index in [1.165, 1.54) is 44.6 Å². The predicted octanol–water partition coefficient (Wildman–Crippen LogP) is 4.78. The lowest BCUT2D eigenvalue weighted by Gasteiger charge is -2.13. The molecule has 0 radical (unpaired) electrons. The molecule has 34 heavy (non-hydrogen) atoms. The molecule has 8 nitrogen and oxygen atoms in total. The van der Waals surface area contributed by atoms with Gasteiger partial charge in [0.2, 0.25) is 0 Å². The molecule has 0 saturated carbocycles. The van der Waals surface area contributed by atoms with Gasteiger partial charge in [-0.25, -0.2) is 0 Å². The van der Waals surface area contributed by atoms with E-state index in [4.69, 9.17) is 13.7 Å². The summed E-state index contributed by atoms with van der Waals surface area (Å²) in [5.74, 6) is 0.0370. The number of nitriles is 1. The number of carbonyl (C=O) groups excluding carboxylic acids is 1. The maximum Gasteiger partial charge on any atom is 0.339 e. The van der Waals surface area contributed by atoms with Gasteiger partial charge in [0.1, 0.15) is 22.3 Å². The van der Waals surface area contributed by atoms with E-state index in [1.807, 2.05) is 6.07 Å². The summed E-state index contributed by atoms with van der Waals surface area (Å²) in [7, 11) is -1.24. The molecular weight excluding hydrogens is 524 g/mol. The Morgan fingerprint density at radius 2 is 1.71 bits per heavy atom. The Morgan fingerprint density at radius 3 is 2.29 bits per heavy atom. The van der Waals surface area contributed by atoms with Crippen LogP contribution < -0.4 is 19.0 Å². The minimum atomic E-state index is -4.11. The van der Waals surface area contributed by atoms with Crippen LogP contribution in [0.25, 0.3) is 6.08 Å². The fourth-order valence-electron chi connectivity index (χ4n) is 2.84. The molecule has 0 heterocycles. The van der Waals surface area contributed by atoms with E-state index in [-0.39, 0.29) is 26.4 Å². The van der Waals surface area contributed by atoms with Crippen LogP contribution in [0.2, 0.25) is 0 Å². The van der Waals surface area contributed by atoms with Gasteiger partial charge < -0.3 is 19.0 Å². The second-order valence-corrected chi connectivity index (χ2v) is 9.14. The van der Waals surface area contributed by atoms with E-state index in [0.717, 1.165) is 0 Å². The van der Waals surface area contributed by atoms with Gasteiger partial charge in [-0.3, -0.25) is 4.79 Å². The monoisotopic (exact) mass is 542 g/mol. The highest BCUT2D eigenvalue weighted by atomic mass is 79.9. The molecule has 174 valence electrons. The molecule has 0 aromatic heterocycles. The summed E-state index contributed by atoms with van der Waals surface area (Å²) in [6.45, 7) is 0. The maximum absolute atomic E-state index is 12.6. The van der Waals surface area contributed by atoms with Gasteiger partial charge in [-0.15, -0.1) is 0 Å². The van der Waals surface area contributed by atoms with Crippen molar-refractivity contribution in [1.82, 2.24) is 0 Å². The smallest absolute Gasteiger partial charge is 0.339 e. The Hall–Kier alpha value is -3.81. The molecular formula is C24H19BrN2O6S. The number of hydrogen-bond acceptors (Lipinski definition) is 7. The van der Waals surface area contributed by atoms with Crippen molar-refractivity contribution >= 4 is 43.7 Å². The number of methoxy groups -OCH3 is 2. The highest BCUT2D eigenvalue weighted by Crippen LogP contribution is 2.39. The molecule has 0 aliphatic carbocycles. The molecule has 10 heteroatoms. The van der Waals surface area contributed by atoms with Gasteiger partial charge in [-0.1, -0.05) is 18.2 Å². The molecule has 1 amide bonds. The number of carbonyl (C=O) groups is 1. The Kier molecular flexibility index (Phi) is 7.94. The van der Waals surface area contributed by atoms with Gasteiger partial charge >= 0.3 is 10.1 Å². The van der Waals surface area contributed by atoms with E-state index in [0.29, 0.717) is 17.0 Å². The van der Waals surface area contributed by atoms with Crippen LogP contribution in [0.3, 0.4) is 0 Å². The summed E-state index contributed by atoms with van der Waals surface area (Å²) in [5, 5.41) is 12.1. The lowest BCUT2D eigenvalue weighted by molar-refractivity contribution is -0.112. The summed E-state index contributed by atoms with van der Waals surface area (Å²) in [5.41, 5.74) is 0.727. The molecule has 0 aliphatic heterocycles. The lowest BCUT2D eigenvalue weighted by atomic mass is 10.1. The Balaban J connectivity index is 1.88. The molecule has 0 unspecified atom stereocenters. The molecule has 0 aliphatic rings. The first-order valence-corrected chi connectivity index (χ1v) is 11.9.